The molecule has 162 valence electrons. The number of amides is 2. The number of hydrogen-bond donors (Lipinski definition) is 0. The fraction of sp³-hybridized carbons (Fsp3) is 0.231. The Morgan fingerprint density at radius 2 is 1.47 bits per heavy atom. The van der Waals surface area contributed by atoms with Gasteiger partial charge in [0.1, 0.15) is 5.70 Å². The Bertz CT molecular complexity index is 1150. The van der Waals surface area contributed by atoms with Crippen LogP contribution in [0.4, 0.5) is 5.69 Å². The summed E-state index contributed by atoms with van der Waals surface area (Å²) in [4.78, 5) is 33.7. The monoisotopic (exact) mass is 443 g/mol. The second-order valence-electron chi connectivity index (χ2n) is 8.19. The lowest BCUT2D eigenvalue weighted by molar-refractivity contribution is -0.138. The van der Waals surface area contributed by atoms with Crippen molar-refractivity contribution in [3.8, 4) is 0 Å². The van der Waals surface area contributed by atoms with Gasteiger partial charge in [-0.15, -0.1) is 11.3 Å². The van der Waals surface area contributed by atoms with Crippen molar-refractivity contribution in [3.63, 3.8) is 0 Å². The van der Waals surface area contributed by atoms with E-state index in [1.165, 1.54) is 21.9 Å². The van der Waals surface area contributed by atoms with Gasteiger partial charge in [-0.1, -0.05) is 54.1 Å². The first kappa shape index (κ1) is 20.5. The minimum absolute atomic E-state index is 0.188. The molecule has 0 saturated carbocycles. The van der Waals surface area contributed by atoms with E-state index in [1.807, 2.05) is 66.9 Å². The Hall–Kier alpha value is -3.38. The molecule has 32 heavy (non-hydrogen) atoms. The van der Waals surface area contributed by atoms with E-state index in [0.717, 1.165) is 29.1 Å². The van der Waals surface area contributed by atoms with Gasteiger partial charge in [-0.3, -0.25) is 14.5 Å². The first-order valence-corrected chi connectivity index (χ1v) is 11.7. The number of piperazine rings is 1. The summed E-state index contributed by atoms with van der Waals surface area (Å²) < 4.78 is 0. The predicted octanol–water partition coefficient (Wildman–Crippen LogP) is 4.16. The number of hydrogen-bond acceptors (Lipinski definition) is 5. The van der Waals surface area contributed by atoms with Crippen LogP contribution < -0.4 is 4.90 Å². The van der Waals surface area contributed by atoms with Gasteiger partial charge in [0.25, 0.3) is 11.8 Å². The van der Waals surface area contributed by atoms with E-state index in [0.29, 0.717) is 30.9 Å². The van der Waals surface area contributed by atoms with Crippen LogP contribution in [0.15, 0.2) is 77.8 Å². The van der Waals surface area contributed by atoms with Crippen molar-refractivity contribution in [1.82, 2.24) is 9.80 Å². The Morgan fingerprint density at radius 3 is 2.12 bits per heavy atom. The maximum atomic E-state index is 13.5. The van der Waals surface area contributed by atoms with Gasteiger partial charge in [0.2, 0.25) is 0 Å². The van der Waals surface area contributed by atoms with E-state index >= 15 is 0 Å². The van der Waals surface area contributed by atoms with Crippen LogP contribution in [0, 0.1) is 6.92 Å². The van der Waals surface area contributed by atoms with Crippen LogP contribution in [0.25, 0.3) is 5.57 Å². The molecule has 2 amide bonds. The summed E-state index contributed by atoms with van der Waals surface area (Å²) in [6.45, 7) is 5.35. The molecule has 6 heteroatoms. The van der Waals surface area contributed by atoms with Gasteiger partial charge in [0.15, 0.2) is 0 Å². The van der Waals surface area contributed by atoms with Crippen molar-refractivity contribution in [2.75, 3.05) is 31.1 Å². The fourth-order valence-corrected chi connectivity index (χ4v) is 5.11. The van der Waals surface area contributed by atoms with Crippen LogP contribution in [0.2, 0.25) is 0 Å². The molecular weight excluding hydrogens is 418 g/mol. The summed E-state index contributed by atoms with van der Waals surface area (Å²) in [6, 6.07) is 22.2. The van der Waals surface area contributed by atoms with E-state index in [2.05, 4.69) is 21.9 Å². The van der Waals surface area contributed by atoms with Gasteiger partial charge in [0, 0.05) is 36.7 Å². The normalized spacial score (nSPS) is 17.0. The number of para-hydroxylation sites is 1. The van der Waals surface area contributed by atoms with Gasteiger partial charge >= 0.3 is 0 Å². The summed E-state index contributed by atoms with van der Waals surface area (Å²) in [5.74, 6) is -0.384. The number of aryl methyl sites for hydroxylation is 1. The Balaban J connectivity index is 1.41. The number of anilines is 1. The van der Waals surface area contributed by atoms with Crippen molar-refractivity contribution < 1.29 is 9.59 Å². The van der Waals surface area contributed by atoms with E-state index in [9.17, 15) is 9.59 Å². The van der Waals surface area contributed by atoms with E-state index in [-0.39, 0.29) is 11.8 Å². The SMILES string of the molecule is Cc1ccc(CN2C(=O)C(c3cccs3)=C(N3CCN(c4ccccc4)CC3)C2=O)cc1. The number of thiophene rings is 1. The summed E-state index contributed by atoms with van der Waals surface area (Å²) in [7, 11) is 0. The smallest absolute Gasteiger partial charge is 0.278 e. The molecule has 1 saturated heterocycles. The Kier molecular flexibility index (Phi) is 5.53. The van der Waals surface area contributed by atoms with E-state index in [4.69, 9.17) is 0 Å². The third kappa shape index (κ3) is 3.82. The molecule has 0 radical (unpaired) electrons. The number of carbonyl (C=O) groups excluding carboxylic acids is 2. The first-order valence-electron chi connectivity index (χ1n) is 10.9. The van der Waals surface area contributed by atoms with Crippen LogP contribution in [0.1, 0.15) is 16.0 Å². The third-order valence-corrected chi connectivity index (χ3v) is 6.98. The number of imide groups is 1. The lowest BCUT2D eigenvalue weighted by atomic mass is 10.1. The highest BCUT2D eigenvalue weighted by Gasteiger charge is 2.42. The molecule has 0 spiro atoms. The summed E-state index contributed by atoms with van der Waals surface area (Å²) in [6.07, 6.45) is 0. The third-order valence-electron chi connectivity index (χ3n) is 6.09. The molecule has 3 aromatic rings. The van der Waals surface area contributed by atoms with Crippen molar-refractivity contribution >= 4 is 34.4 Å². The second-order valence-corrected chi connectivity index (χ2v) is 9.14. The highest BCUT2D eigenvalue weighted by molar-refractivity contribution is 7.11. The highest BCUT2D eigenvalue weighted by Crippen LogP contribution is 2.35. The number of benzene rings is 2. The van der Waals surface area contributed by atoms with Gasteiger partial charge in [-0.25, -0.2) is 0 Å². The average molecular weight is 444 g/mol. The number of carbonyl (C=O) groups is 2. The van der Waals surface area contributed by atoms with Crippen LogP contribution in [-0.4, -0.2) is 47.8 Å². The van der Waals surface area contributed by atoms with Crippen molar-refractivity contribution in [3.05, 3.63) is 93.8 Å². The lowest BCUT2D eigenvalue weighted by Crippen LogP contribution is -2.47. The van der Waals surface area contributed by atoms with Gasteiger partial charge in [0.05, 0.1) is 12.1 Å². The second kappa shape index (κ2) is 8.63. The molecule has 2 aromatic carbocycles. The zero-order valence-corrected chi connectivity index (χ0v) is 18.8. The lowest BCUT2D eigenvalue weighted by Gasteiger charge is -2.37. The van der Waals surface area contributed by atoms with Gasteiger partial charge < -0.3 is 9.80 Å². The standard InChI is InChI=1S/C26H25N3O2S/c1-19-9-11-20(12-10-19)18-29-25(30)23(22-8-5-17-32-22)24(26(29)31)28-15-13-27(14-16-28)21-6-3-2-4-7-21/h2-12,17H,13-16,18H2,1H3. The molecule has 2 aliphatic heterocycles. The predicted molar refractivity (Wildman–Crippen MR) is 128 cm³/mol. The van der Waals surface area contributed by atoms with E-state index < -0.39 is 0 Å². The van der Waals surface area contributed by atoms with Gasteiger partial charge in [-0.2, -0.15) is 0 Å². The minimum Gasteiger partial charge on any atom is -0.368 e. The number of rotatable bonds is 5. The molecule has 3 heterocycles. The Morgan fingerprint density at radius 1 is 0.781 bits per heavy atom. The molecule has 5 nitrogen and oxygen atoms in total. The van der Waals surface area contributed by atoms with Gasteiger partial charge in [-0.05, 0) is 36.1 Å². The molecule has 0 atom stereocenters. The minimum atomic E-state index is -0.196. The summed E-state index contributed by atoms with van der Waals surface area (Å²) in [5, 5.41) is 1.95. The summed E-state index contributed by atoms with van der Waals surface area (Å²) >= 11 is 1.51. The van der Waals surface area contributed by atoms with Crippen molar-refractivity contribution in [2.45, 2.75) is 13.5 Å². The molecule has 2 aliphatic rings. The largest absolute Gasteiger partial charge is 0.368 e. The highest BCUT2D eigenvalue weighted by atomic mass is 32.1. The molecule has 1 aromatic heterocycles. The van der Waals surface area contributed by atoms with Crippen molar-refractivity contribution in [1.29, 1.82) is 0 Å². The molecule has 0 bridgehead atoms. The van der Waals surface area contributed by atoms with Crippen LogP contribution >= 0.6 is 11.3 Å². The quantitative estimate of drug-likeness (QED) is 0.556. The fourth-order valence-electron chi connectivity index (χ4n) is 4.35. The molecule has 0 N–H and O–H groups in total. The molecule has 1 fully saturated rings. The Labute approximate surface area is 192 Å². The molecule has 0 aliphatic carbocycles. The zero-order valence-electron chi connectivity index (χ0n) is 18.0. The average Bonchev–Trinajstić information content (AvgIpc) is 3.44. The zero-order chi connectivity index (χ0) is 22.1. The maximum absolute atomic E-state index is 13.5. The topological polar surface area (TPSA) is 43.9 Å². The van der Waals surface area contributed by atoms with Crippen LogP contribution in [-0.2, 0) is 16.1 Å². The number of nitrogens with zero attached hydrogens (tertiary/aromatic N) is 3. The molecular formula is C26H25N3O2S. The van der Waals surface area contributed by atoms with Crippen LogP contribution in [0.5, 0.6) is 0 Å². The molecule has 0 unspecified atom stereocenters. The summed E-state index contributed by atoms with van der Waals surface area (Å²) in [5.41, 5.74) is 4.40. The van der Waals surface area contributed by atoms with E-state index in [1.54, 1.807) is 0 Å². The first-order chi connectivity index (χ1) is 15.6. The maximum Gasteiger partial charge on any atom is 0.278 e. The van der Waals surface area contributed by atoms with Crippen molar-refractivity contribution in [2.24, 2.45) is 0 Å². The molecule has 5 rings (SSSR count). The van der Waals surface area contributed by atoms with Crippen LogP contribution in [0.3, 0.4) is 0 Å².